The summed E-state index contributed by atoms with van der Waals surface area (Å²) in [5.41, 5.74) is 3.58. The summed E-state index contributed by atoms with van der Waals surface area (Å²) in [6, 6.07) is 23.3. The van der Waals surface area contributed by atoms with Crippen LogP contribution in [0.1, 0.15) is 5.69 Å². The van der Waals surface area contributed by atoms with Crippen molar-refractivity contribution in [3.63, 3.8) is 0 Å². The van der Waals surface area contributed by atoms with E-state index in [1.54, 1.807) is 13.2 Å². The van der Waals surface area contributed by atoms with Crippen LogP contribution >= 0.6 is 0 Å². The maximum absolute atomic E-state index is 12.7. The maximum Gasteiger partial charge on any atom is 0.259 e. The molecule has 2 aromatic heterocycles. The highest BCUT2D eigenvalue weighted by Gasteiger charge is 2.17. The zero-order chi connectivity index (χ0) is 18.1. The van der Waals surface area contributed by atoms with Gasteiger partial charge in [0, 0.05) is 29.8 Å². The first-order chi connectivity index (χ1) is 12.7. The molecule has 4 nitrogen and oxygen atoms in total. The van der Waals surface area contributed by atoms with Crippen LogP contribution in [0.4, 0.5) is 0 Å². The van der Waals surface area contributed by atoms with E-state index in [0.29, 0.717) is 11.1 Å². The Kier molecular flexibility index (Phi) is 3.83. The van der Waals surface area contributed by atoms with Gasteiger partial charge in [-0.05, 0) is 35.2 Å². The molecule has 0 aliphatic rings. The van der Waals surface area contributed by atoms with Crippen molar-refractivity contribution >= 4 is 10.8 Å². The Labute approximate surface area is 150 Å². The Morgan fingerprint density at radius 3 is 2.38 bits per heavy atom. The third kappa shape index (κ3) is 2.47. The lowest BCUT2D eigenvalue weighted by Crippen LogP contribution is -2.20. The lowest BCUT2D eigenvalue weighted by Gasteiger charge is -2.14. The third-order valence-corrected chi connectivity index (χ3v) is 4.53. The van der Waals surface area contributed by atoms with E-state index in [1.807, 2.05) is 66.7 Å². The molecule has 0 spiro atoms. The van der Waals surface area contributed by atoms with E-state index in [1.165, 1.54) is 4.57 Å². The second-order valence-electron chi connectivity index (χ2n) is 6.04. The molecule has 4 aromatic rings. The van der Waals surface area contributed by atoms with Crippen LogP contribution in [0, 0.1) is 11.3 Å². The summed E-state index contributed by atoms with van der Waals surface area (Å²) >= 11 is 0. The van der Waals surface area contributed by atoms with E-state index in [9.17, 15) is 10.1 Å². The first kappa shape index (κ1) is 15.8. The SMILES string of the molecule is Cn1c(C#N)c(-c2ccccc2)c2cc(-c3ccccn3)ccc2c1=O. The smallest absolute Gasteiger partial charge is 0.259 e. The molecule has 2 heterocycles. The van der Waals surface area contributed by atoms with E-state index in [2.05, 4.69) is 11.1 Å². The Bertz CT molecular complexity index is 1200. The second-order valence-corrected chi connectivity index (χ2v) is 6.04. The number of nitriles is 1. The van der Waals surface area contributed by atoms with Gasteiger partial charge < -0.3 is 4.57 Å². The van der Waals surface area contributed by atoms with E-state index in [-0.39, 0.29) is 5.56 Å². The van der Waals surface area contributed by atoms with Gasteiger partial charge in [0.15, 0.2) is 0 Å². The average Bonchev–Trinajstić information content (AvgIpc) is 2.71. The molecule has 2 aromatic carbocycles. The van der Waals surface area contributed by atoms with Crippen molar-refractivity contribution in [3.05, 3.63) is 89.0 Å². The molecule has 0 bridgehead atoms. The zero-order valence-corrected chi connectivity index (χ0v) is 14.2. The molecule has 0 amide bonds. The molecule has 4 rings (SSSR count). The van der Waals surface area contributed by atoms with Crippen molar-refractivity contribution < 1.29 is 0 Å². The van der Waals surface area contributed by atoms with Crippen LogP contribution in [0.5, 0.6) is 0 Å². The average molecular weight is 337 g/mol. The molecule has 26 heavy (non-hydrogen) atoms. The Morgan fingerprint density at radius 1 is 0.923 bits per heavy atom. The molecule has 0 atom stereocenters. The topological polar surface area (TPSA) is 58.7 Å². The van der Waals surface area contributed by atoms with Gasteiger partial charge >= 0.3 is 0 Å². The van der Waals surface area contributed by atoms with Crippen LogP contribution in [0.2, 0.25) is 0 Å². The Balaban J connectivity index is 2.14. The predicted molar refractivity (Wildman–Crippen MR) is 103 cm³/mol. The summed E-state index contributed by atoms with van der Waals surface area (Å²) in [5, 5.41) is 11.1. The molecule has 4 heteroatoms. The van der Waals surface area contributed by atoms with Crippen LogP contribution in [0.15, 0.2) is 77.7 Å². The molecule has 0 aliphatic carbocycles. The molecule has 0 unspecified atom stereocenters. The number of pyridine rings is 2. The van der Waals surface area contributed by atoms with Gasteiger partial charge in [0.2, 0.25) is 0 Å². The molecular formula is C22H15N3O. The second kappa shape index (κ2) is 6.30. The Morgan fingerprint density at radius 2 is 1.69 bits per heavy atom. The summed E-state index contributed by atoms with van der Waals surface area (Å²) in [6.45, 7) is 0. The number of hydrogen-bond donors (Lipinski definition) is 0. The van der Waals surface area contributed by atoms with Gasteiger partial charge in [-0.15, -0.1) is 0 Å². The summed E-state index contributed by atoms with van der Waals surface area (Å²) in [6.07, 6.45) is 1.74. The van der Waals surface area contributed by atoms with Crippen molar-refractivity contribution in [2.24, 2.45) is 7.05 Å². The van der Waals surface area contributed by atoms with Crippen LogP contribution in [-0.2, 0) is 7.05 Å². The molecule has 0 saturated heterocycles. The van der Waals surface area contributed by atoms with E-state index < -0.39 is 0 Å². The summed E-state index contributed by atoms with van der Waals surface area (Å²) in [5.74, 6) is 0. The van der Waals surface area contributed by atoms with E-state index in [0.717, 1.165) is 27.8 Å². The van der Waals surface area contributed by atoms with Crippen LogP contribution in [-0.4, -0.2) is 9.55 Å². The van der Waals surface area contributed by atoms with Gasteiger partial charge in [0.25, 0.3) is 5.56 Å². The molecule has 0 N–H and O–H groups in total. The number of benzene rings is 2. The number of aromatic nitrogens is 2. The number of hydrogen-bond acceptors (Lipinski definition) is 3. The number of nitrogens with zero attached hydrogens (tertiary/aromatic N) is 3. The minimum Gasteiger partial charge on any atom is -0.302 e. The first-order valence-electron chi connectivity index (χ1n) is 8.24. The molecular weight excluding hydrogens is 322 g/mol. The minimum absolute atomic E-state index is 0.177. The quantitative estimate of drug-likeness (QED) is 0.552. The monoisotopic (exact) mass is 337 g/mol. The van der Waals surface area contributed by atoms with E-state index >= 15 is 0 Å². The number of fused-ring (bicyclic) bond motifs is 1. The number of rotatable bonds is 2. The fourth-order valence-electron chi connectivity index (χ4n) is 3.24. The van der Waals surface area contributed by atoms with Gasteiger partial charge in [0.05, 0.1) is 5.69 Å². The van der Waals surface area contributed by atoms with Crippen LogP contribution < -0.4 is 5.56 Å². The molecule has 0 saturated carbocycles. The summed E-state index contributed by atoms with van der Waals surface area (Å²) in [4.78, 5) is 17.1. The molecule has 0 aliphatic heterocycles. The highest BCUT2D eigenvalue weighted by molar-refractivity contribution is 6.00. The third-order valence-electron chi connectivity index (χ3n) is 4.53. The van der Waals surface area contributed by atoms with Gasteiger partial charge in [-0.2, -0.15) is 5.26 Å². The highest BCUT2D eigenvalue weighted by Crippen LogP contribution is 2.32. The lowest BCUT2D eigenvalue weighted by atomic mass is 9.95. The van der Waals surface area contributed by atoms with Crippen molar-refractivity contribution in [1.29, 1.82) is 5.26 Å². The minimum atomic E-state index is -0.177. The fraction of sp³-hybridized carbons (Fsp3) is 0.0455. The van der Waals surface area contributed by atoms with Crippen molar-refractivity contribution in [1.82, 2.24) is 9.55 Å². The largest absolute Gasteiger partial charge is 0.302 e. The zero-order valence-electron chi connectivity index (χ0n) is 14.2. The highest BCUT2D eigenvalue weighted by atomic mass is 16.1. The predicted octanol–water partition coefficient (Wildman–Crippen LogP) is 4.14. The Hall–Kier alpha value is -3.71. The molecule has 0 radical (unpaired) electrons. The maximum atomic E-state index is 12.7. The lowest BCUT2D eigenvalue weighted by molar-refractivity contribution is 0.856. The molecule has 124 valence electrons. The summed E-state index contributed by atoms with van der Waals surface area (Å²) < 4.78 is 1.42. The van der Waals surface area contributed by atoms with Crippen LogP contribution in [0.25, 0.3) is 33.2 Å². The van der Waals surface area contributed by atoms with Crippen molar-refractivity contribution in [3.8, 4) is 28.5 Å². The molecule has 0 fully saturated rings. The van der Waals surface area contributed by atoms with Crippen molar-refractivity contribution in [2.75, 3.05) is 0 Å². The standard InChI is InChI=1S/C22H15N3O/c1-25-20(14-23)21(15-7-3-2-4-8-15)18-13-16(10-11-17(18)22(25)26)19-9-5-6-12-24-19/h2-13H,1H3. The fourth-order valence-corrected chi connectivity index (χ4v) is 3.24. The van der Waals surface area contributed by atoms with Gasteiger partial charge in [-0.1, -0.05) is 42.5 Å². The van der Waals surface area contributed by atoms with Gasteiger partial charge in [-0.3, -0.25) is 9.78 Å². The van der Waals surface area contributed by atoms with Crippen molar-refractivity contribution in [2.45, 2.75) is 0 Å². The normalized spacial score (nSPS) is 10.6. The van der Waals surface area contributed by atoms with Crippen LogP contribution in [0.3, 0.4) is 0 Å². The van der Waals surface area contributed by atoms with Gasteiger partial charge in [0.1, 0.15) is 11.8 Å². The van der Waals surface area contributed by atoms with E-state index in [4.69, 9.17) is 0 Å². The summed E-state index contributed by atoms with van der Waals surface area (Å²) in [7, 11) is 1.64. The van der Waals surface area contributed by atoms with Gasteiger partial charge in [-0.25, -0.2) is 0 Å². The first-order valence-corrected chi connectivity index (χ1v) is 8.24.